The van der Waals surface area contributed by atoms with E-state index in [1.165, 1.54) is 16.7 Å². The van der Waals surface area contributed by atoms with Crippen LogP contribution in [0.2, 0.25) is 0 Å². The molecule has 2 aliphatic heterocycles. The molecule has 3 aromatic carbocycles. The average Bonchev–Trinajstić information content (AvgIpc) is 2.96. The fraction of sp³-hybridized carbons (Fsp3) is 0.200. The van der Waals surface area contributed by atoms with E-state index in [0.717, 1.165) is 11.1 Å². The molecule has 0 bridgehead atoms. The highest BCUT2D eigenvalue weighted by molar-refractivity contribution is 8.00. The lowest BCUT2D eigenvalue weighted by atomic mass is 9.95. The number of rotatable bonds is 8. The molecule has 39 heavy (non-hydrogen) atoms. The molecule has 0 saturated carbocycles. The third kappa shape index (κ3) is 5.18. The number of carboxylic acids is 1. The average molecular weight is 543 g/mol. The second-order valence-electron chi connectivity index (χ2n) is 9.31. The maximum atomic E-state index is 13.7. The number of β-lactam (4-membered cyclic amide) rings is 1. The van der Waals surface area contributed by atoms with Gasteiger partial charge in [0.2, 0.25) is 5.91 Å². The largest absolute Gasteiger partial charge is 0.477 e. The van der Waals surface area contributed by atoms with Gasteiger partial charge in [-0.3, -0.25) is 19.3 Å². The second kappa shape index (κ2) is 11.2. The quantitative estimate of drug-likeness (QED) is 0.253. The maximum absolute atomic E-state index is 13.7. The van der Waals surface area contributed by atoms with Crippen LogP contribution in [0, 0.1) is 0 Å². The lowest BCUT2D eigenvalue weighted by Crippen LogP contribution is -2.71. The Balaban J connectivity index is 1.41. The lowest BCUT2D eigenvalue weighted by Gasteiger charge is -2.49. The first kappa shape index (κ1) is 26.2. The maximum Gasteiger partial charge on any atom is 0.352 e. The Hall–Kier alpha value is -4.37. The number of nitrogens with zero attached hydrogens (tertiary/aromatic N) is 1. The summed E-state index contributed by atoms with van der Waals surface area (Å²) in [5.74, 6) is -4.08. The highest BCUT2D eigenvalue weighted by Gasteiger charge is 2.54. The number of esters is 1. The predicted octanol–water partition coefficient (Wildman–Crippen LogP) is 3.86. The van der Waals surface area contributed by atoms with Gasteiger partial charge in [-0.1, -0.05) is 91.0 Å². The van der Waals surface area contributed by atoms with Crippen molar-refractivity contribution in [1.29, 1.82) is 0 Å². The van der Waals surface area contributed by atoms with Crippen LogP contribution in [0.5, 0.6) is 0 Å². The number of benzene rings is 3. The summed E-state index contributed by atoms with van der Waals surface area (Å²) in [4.78, 5) is 53.2. The molecule has 2 amide bonds. The molecule has 0 aromatic heterocycles. The van der Waals surface area contributed by atoms with Gasteiger partial charge in [0.25, 0.3) is 5.91 Å². The molecule has 9 heteroatoms. The van der Waals surface area contributed by atoms with Crippen molar-refractivity contribution in [1.82, 2.24) is 10.2 Å². The molecule has 198 valence electrons. The number of ether oxygens (including phenoxy) is 1. The molecule has 2 aliphatic rings. The summed E-state index contributed by atoms with van der Waals surface area (Å²) in [6.07, 6.45) is -0.750. The van der Waals surface area contributed by atoms with Crippen LogP contribution >= 0.6 is 11.8 Å². The molecule has 2 heterocycles. The van der Waals surface area contributed by atoms with Crippen molar-refractivity contribution in [3.63, 3.8) is 0 Å². The summed E-state index contributed by atoms with van der Waals surface area (Å²) in [5, 5.41) is 11.7. The first-order chi connectivity index (χ1) is 18.9. The van der Waals surface area contributed by atoms with Crippen LogP contribution in [-0.2, 0) is 23.9 Å². The van der Waals surface area contributed by atoms with Crippen LogP contribution in [0.1, 0.15) is 35.6 Å². The topological polar surface area (TPSA) is 113 Å². The molecule has 5 rings (SSSR count). The molecule has 0 spiro atoms. The van der Waals surface area contributed by atoms with Crippen molar-refractivity contribution in [2.45, 2.75) is 30.4 Å². The van der Waals surface area contributed by atoms with Gasteiger partial charge in [-0.25, -0.2) is 4.79 Å². The van der Waals surface area contributed by atoms with Crippen LogP contribution in [-0.4, -0.2) is 50.9 Å². The molecule has 0 radical (unpaired) electrons. The van der Waals surface area contributed by atoms with Gasteiger partial charge in [0.15, 0.2) is 12.0 Å². The van der Waals surface area contributed by atoms with Gasteiger partial charge in [-0.2, -0.15) is 0 Å². The van der Waals surface area contributed by atoms with E-state index in [1.807, 2.05) is 60.7 Å². The minimum atomic E-state index is -1.34. The van der Waals surface area contributed by atoms with Gasteiger partial charge in [-0.15, -0.1) is 11.8 Å². The molecule has 0 aliphatic carbocycles. The third-order valence-corrected chi connectivity index (χ3v) is 8.15. The Labute approximate surface area is 229 Å². The van der Waals surface area contributed by atoms with E-state index in [9.17, 15) is 24.3 Å². The Morgan fingerprint density at radius 2 is 1.41 bits per heavy atom. The Bertz CT molecular complexity index is 1390. The molecule has 3 atom stereocenters. The van der Waals surface area contributed by atoms with E-state index in [-0.39, 0.29) is 5.70 Å². The Kier molecular flexibility index (Phi) is 7.51. The minimum Gasteiger partial charge on any atom is -0.477 e. The van der Waals surface area contributed by atoms with Crippen LogP contribution in [0.25, 0.3) is 0 Å². The van der Waals surface area contributed by atoms with E-state index >= 15 is 0 Å². The zero-order valence-corrected chi connectivity index (χ0v) is 21.8. The Morgan fingerprint density at radius 3 is 1.92 bits per heavy atom. The number of amides is 2. The number of fused-ring (bicyclic) bond motifs is 1. The number of aliphatic carboxylic acids is 1. The number of nitrogens with one attached hydrogen (secondary N) is 1. The van der Waals surface area contributed by atoms with Crippen molar-refractivity contribution in [3.05, 3.63) is 119 Å². The lowest BCUT2D eigenvalue weighted by molar-refractivity contribution is -0.155. The second-order valence-corrected chi connectivity index (χ2v) is 10.4. The first-order valence-corrected chi connectivity index (χ1v) is 13.4. The predicted molar refractivity (Wildman–Crippen MR) is 145 cm³/mol. The zero-order chi connectivity index (χ0) is 27.5. The summed E-state index contributed by atoms with van der Waals surface area (Å²) in [7, 11) is 0. The summed E-state index contributed by atoms with van der Waals surface area (Å²) in [6, 6.07) is 26.1. The number of thioether (sulfide) groups is 1. The van der Waals surface area contributed by atoms with Gasteiger partial charge < -0.3 is 15.2 Å². The van der Waals surface area contributed by atoms with E-state index in [4.69, 9.17) is 4.74 Å². The van der Waals surface area contributed by atoms with Gasteiger partial charge in [-0.05, 0) is 29.2 Å². The summed E-state index contributed by atoms with van der Waals surface area (Å²) >= 11 is 1.37. The molecule has 1 saturated heterocycles. The highest BCUT2D eigenvalue weighted by Crippen LogP contribution is 2.40. The van der Waals surface area contributed by atoms with Crippen LogP contribution in [0.3, 0.4) is 0 Å². The SMILES string of the molecule is CC1=C(C(=O)O)N2C(=O)C(NC(=O)C(C(=O)OC(c3ccccc3)c3ccccc3)c3ccccc3)[C@H]2SC1. The third-order valence-electron chi connectivity index (χ3n) is 6.73. The molecular formula is C30H26N2O6S. The molecule has 1 fully saturated rings. The molecule has 8 nitrogen and oxygen atoms in total. The van der Waals surface area contributed by atoms with Crippen LogP contribution < -0.4 is 5.32 Å². The van der Waals surface area contributed by atoms with E-state index in [1.54, 1.807) is 37.3 Å². The summed E-state index contributed by atoms with van der Waals surface area (Å²) in [6.45, 7) is 1.67. The van der Waals surface area contributed by atoms with Crippen molar-refractivity contribution in [3.8, 4) is 0 Å². The minimum absolute atomic E-state index is 0.0539. The van der Waals surface area contributed by atoms with Crippen molar-refractivity contribution in [2.24, 2.45) is 0 Å². The van der Waals surface area contributed by atoms with Gasteiger partial charge in [0, 0.05) is 5.75 Å². The van der Waals surface area contributed by atoms with Crippen molar-refractivity contribution < 1.29 is 29.0 Å². The van der Waals surface area contributed by atoms with Gasteiger partial charge in [0.05, 0.1) is 0 Å². The molecular weight excluding hydrogens is 516 g/mol. The van der Waals surface area contributed by atoms with Crippen LogP contribution in [0.15, 0.2) is 102 Å². The van der Waals surface area contributed by atoms with Gasteiger partial charge in [0.1, 0.15) is 17.1 Å². The Morgan fingerprint density at radius 1 is 0.897 bits per heavy atom. The summed E-state index contributed by atoms with van der Waals surface area (Å²) in [5.41, 5.74) is 2.44. The van der Waals surface area contributed by atoms with Crippen molar-refractivity contribution >= 4 is 35.5 Å². The zero-order valence-electron chi connectivity index (χ0n) is 21.0. The number of carboxylic acid groups (broad SMARTS) is 1. The number of carbonyl (C=O) groups excluding carboxylic acids is 3. The van der Waals surface area contributed by atoms with E-state index in [0.29, 0.717) is 16.9 Å². The van der Waals surface area contributed by atoms with Gasteiger partial charge >= 0.3 is 11.9 Å². The first-order valence-electron chi connectivity index (χ1n) is 12.4. The number of hydrogen-bond acceptors (Lipinski definition) is 6. The smallest absolute Gasteiger partial charge is 0.352 e. The standard InChI is InChI=1S/C30H26N2O6S/c1-18-17-39-28-23(27(34)32(28)24(18)29(35)36)31-26(33)22(19-11-5-2-6-12-19)30(37)38-25(20-13-7-3-8-14-20)21-15-9-4-10-16-21/h2-16,22-23,25,28H,17H2,1H3,(H,31,33)(H,35,36)/t22?,23?,28-/m1/s1. The highest BCUT2D eigenvalue weighted by atomic mass is 32.2. The van der Waals surface area contributed by atoms with E-state index in [2.05, 4.69) is 5.32 Å². The fourth-order valence-electron chi connectivity index (χ4n) is 4.82. The monoisotopic (exact) mass is 542 g/mol. The fourth-order valence-corrected chi connectivity index (χ4v) is 6.11. The molecule has 2 unspecified atom stereocenters. The molecule has 3 aromatic rings. The number of hydrogen-bond donors (Lipinski definition) is 2. The van der Waals surface area contributed by atoms with Crippen molar-refractivity contribution in [2.75, 3.05) is 5.75 Å². The normalized spacial score (nSPS) is 19.1. The molecule has 2 N–H and O–H groups in total. The summed E-state index contributed by atoms with van der Waals surface area (Å²) < 4.78 is 6.00. The van der Waals surface area contributed by atoms with E-state index < -0.39 is 47.2 Å². The number of carbonyl (C=O) groups is 4. The van der Waals surface area contributed by atoms with Crippen LogP contribution in [0.4, 0.5) is 0 Å².